The molecule has 0 aliphatic rings. The van der Waals surface area contributed by atoms with Gasteiger partial charge >= 0.3 is 0 Å². The molecule has 0 bridgehead atoms. The lowest BCUT2D eigenvalue weighted by atomic mass is 10.4. The number of hydrogen-bond acceptors (Lipinski definition) is 3. The van der Waals surface area contributed by atoms with E-state index in [2.05, 4.69) is 0 Å². The van der Waals surface area contributed by atoms with Crippen molar-refractivity contribution in [1.82, 2.24) is 0 Å². The van der Waals surface area contributed by atoms with Crippen LogP contribution in [0.25, 0.3) is 0 Å². The number of hydrogen-bond donors (Lipinski definition) is 0. The first-order valence-electron chi connectivity index (χ1n) is 3.01. The van der Waals surface area contributed by atoms with Crippen molar-refractivity contribution < 1.29 is 9.21 Å². The Morgan fingerprint density at radius 2 is 2.45 bits per heavy atom. The van der Waals surface area contributed by atoms with E-state index in [1.807, 2.05) is 6.26 Å². The summed E-state index contributed by atoms with van der Waals surface area (Å²) in [5.74, 6) is 1.77. The van der Waals surface area contributed by atoms with Crippen LogP contribution in [0, 0.1) is 0 Å². The van der Waals surface area contributed by atoms with Crippen molar-refractivity contribution in [2.24, 2.45) is 0 Å². The van der Waals surface area contributed by atoms with E-state index in [1.54, 1.807) is 23.9 Å². The maximum absolute atomic E-state index is 10.5. The van der Waals surface area contributed by atoms with Gasteiger partial charge in [-0.2, -0.15) is 11.8 Å². The summed E-state index contributed by atoms with van der Waals surface area (Å²) in [6.07, 6.45) is 1.96. The average molecular weight is 191 g/mol. The molecule has 60 valence electrons. The molecule has 0 saturated carbocycles. The third-order valence-electron chi connectivity index (χ3n) is 1.14. The highest BCUT2D eigenvalue weighted by Gasteiger charge is 2.06. The number of halogens is 1. The zero-order chi connectivity index (χ0) is 8.27. The molecule has 0 aromatic carbocycles. The Kier molecular flexibility index (Phi) is 3.02. The van der Waals surface area contributed by atoms with Crippen LogP contribution in [0.15, 0.2) is 16.5 Å². The van der Waals surface area contributed by atoms with E-state index in [1.165, 1.54) is 0 Å². The van der Waals surface area contributed by atoms with Gasteiger partial charge in [-0.1, -0.05) is 0 Å². The van der Waals surface area contributed by atoms with Crippen LogP contribution >= 0.6 is 23.4 Å². The molecule has 0 saturated heterocycles. The summed E-state index contributed by atoms with van der Waals surface area (Å²) in [6, 6.07) is 3.34. The van der Waals surface area contributed by atoms with Crippen molar-refractivity contribution in [3.63, 3.8) is 0 Å². The molecular formula is C7H7ClO2S. The minimum atomic E-state index is -0.544. The number of carbonyl (C=O) groups is 1. The lowest BCUT2D eigenvalue weighted by Crippen LogP contribution is -1.82. The van der Waals surface area contributed by atoms with Gasteiger partial charge in [0, 0.05) is 0 Å². The zero-order valence-electron chi connectivity index (χ0n) is 5.96. The first kappa shape index (κ1) is 8.68. The van der Waals surface area contributed by atoms with Gasteiger partial charge in [0.25, 0.3) is 5.24 Å². The molecule has 0 atom stereocenters. The van der Waals surface area contributed by atoms with Gasteiger partial charge in [0.1, 0.15) is 5.76 Å². The van der Waals surface area contributed by atoms with Gasteiger partial charge in [0.05, 0.1) is 5.75 Å². The molecule has 0 aliphatic heterocycles. The molecule has 0 unspecified atom stereocenters. The van der Waals surface area contributed by atoms with E-state index in [-0.39, 0.29) is 5.76 Å². The van der Waals surface area contributed by atoms with Crippen LogP contribution in [-0.4, -0.2) is 11.5 Å². The minimum Gasteiger partial charge on any atom is -0.456 e. The summed E-state index contributed by atoms with van der Waals surface area (Å²) in [6.45, 7) is 0. The topological polar surface area (TPSA) is 30.2 Å². The third kappa shape index (κ3) is 2.27. The Morgan fingerprint density at radius 1 is 1.73 bits per heavy atom. The fourth-order valence-electron chi connectivity index (χ4n) is 0.703. The Balaban J connectivity index is 2.73. The fraction of sp³-hybridized carbons (Fsp3) is 0.286. The van der Waals surface area contributed by atoms with Crippen molar-refractivity contribution in [2.45, 2.75) is 5.75 Å². The molecule has 0 aliphatic carbocycles. The van der Waals surface area contributed by atoms with Crippen LogP contribution in [0.1, 0.15) is 16.3 Å². The van der Waals surface area contributed by atoms with Crippen LogP contribution in [0.4, 0.5) is 0 Å². The van der Waals surface area contributed by atoms with Gasteiger partial charge in [-0.05, 0) is 30.0 Å². The van der Waals surface area contributed by atoms with Gasteiger partial charge in [-0.25, -0.2) is 0 Å². The Hall–Kier alpha value is -0.410. The minimum absolute atomic E-state index is 0.218. The van der Waals surface area contributed by atoms with E-state index >= 15 is 0 Å². The monoisotopic (exact) mass is 190 g/mol. The lowest BCUT2D eigenvalue weighted by Gasteiger charge is -1.88. The summed E-state index contributed by atoms with van der Waals surface area (Å²) in [5, 5.41) is -0.544. The van der Waals surface area contributed by atoms with Crippen LogP contribution in [0.3, 0.4) is 0 Å². The van der Waals surface area contributed by atoms with E-state index in [9.17, 15) is 4.79 Å². The van der Waals surface area contributed by atoms with E-state index in [0.29, 0.717) is 0 Å². The first-order chi connectivity index (χ1) is 5.24. The zero-order valence-corrected chi connectivity index (χ0v) is 7.54. The third-order valence-corrected chi connectivity index (χ3v) is 1.90. The smallest absolute Gasteiger partial charge is 0.287 e. The largest absolute Gasteiger partial charge is 0.456 e. The highest BCUT2D eigenvalue weighted by Crippen LogP contribution is 2.14. The Morgan fingerprint density at radius 3 is 2.91 bits per heavy atom. The number of furan rings is 1. The molecule has 0 fully saturated rings. The normalized spacial score (nSPS) is 10.0. The lowest BCUT2D eigenvalue weighted by molar-refractivity contribution is 0.105. The summed E-state index contributed by atoms with van der Waals surface area (Å²) in [5.41, 5.74) is 0. The van der Waals surface area contributed by atoms with Gasteiger partial charge in [0.2, 0.25) is 0 Å². The number of carbonyl (C=O) groups excluding carboxylic acids is 1. The predicted octanol–water partition coefficient (Wildman–Crippen LogP) is 2.52. The van der Waals surface area contributed by atoms with Crippen molar-refractivity contribution in [2.75, 3.05) is 6.26 Å². The molecule has 0 radical (unpaired) electrons. The van der Waals surface area contributed by atoms with Crippen molar-refractivity contribution in [3.8, 4) is 0 Å². The quantitative estimate of drug-likeness (QED) is 0.687. The summed E-state index contributed by atoms with van der Waals surface area (Å²) in [7, 11) is 0. The fourth-order valence-corrected chi connectivity index (χ4v) is 1.24. The van der Waals surface area contributed by atoms with E-state index in [0.717, 1.165) is 11.5 Å². The number of thioether (sulfide) groups is 1. The van der Waals surface area contributed by atoms with Crippen molar-refractivity contribution in [1.29, 1.82) is 0 Å². The van der Waals surface area contributed by atoms with Crippen LogP contribution in [-0.2, 0) is 5.75 Å². The molecule has 1 heterocycles. The van der Waals surface area contributed by atoms with Crippen molar-refractivity contribution in [3.05, 3.63) is 23.7 Å². The SMILES string of the molecule is CSCc1ccc(C(=O)Cl)o1. The molecule has 1 aromatic rings. The molecular weight excluding hydrogens is 184 g/mol. The van der Waals surface area contributed by atoms with Gasteiger partial charge < -0.3 is 4.42 Å². The molecule has 0 spiro atoms. The molecule has 1 aromatic heterocycles. The van der Waals surface area contributed by atoms with Gasteiger partial charge in [-0.15, -0.1) is 0 Å². The standard InChI is InChI=1S/C7H7ClO2S/c1-11-4-5-2-3-6(10-5)7(8)9/h2-3H,4H2,1H3. The van der Waals surface area contributed by atoms with E-state index in [4.69, 9.17) is 16.0 Å². The number of rotatable bonds is 3. The highest BCUT2D eigenvalue weighted by molar-refractivity contribution is 7.97. The van der Waals surface area contributed by atoms with E-state index < -0.39 is 5.24 Å². The van der Waals surface area contributed by atoms with Gasteiger partial charge in [-0.3, -0.25) is 4.79 Å². The molecule has 0 amide bonds. The van der Waals surface area contributed by atoms with Crippen LogP contribution in [0.5, 0.6) is 0 Å². The second-order valence-electron chi connectivity index (χ2n) is 1.97. The Bertz CT molecular complexity index is 257. The molecule has 11 heavy (non-hydrogen) atoms. The van der Waals surface area contributed by atoms with Crippen LogP contribution in [0.2, 0.25) is 0 Å². The maximum atomic E-state index is 10.5. The highest BCUT2D eigenvalue weighted by atomic mass is 35.5. The molecule has 2 nitrogen and oxygen atoms in total. The summed E-state index contributed by atoms with van der Waals surface area (Å²) in [4.78, 5) is 10.5. The maximum Gasteiger partial charge on any atom is 0.287 e. The van der Waals surface area contributed by atoms with Crippen LogP contribution < -0.4 is 0 Å². The van der Waals surface area contributed by atoms with Gasteiger partial charge in [0.15, 0.2) is 5.76 Å². The molecule has 4 heteroatoms. The predicted molar refractivity (Wildman–Crippen MR) is 46.1 cm³/mol. The summed E-state index contributed by atoms with van der Waals surface area (Å²) >= 11 is 6.81. The Labute approximate surface area is 73.9 Å². The second-order valence-corrected chi connectivity index (χ2v) is 3.18. The summed E-state index contributed by atoms with van der Waals surface area (Å²) < 4.78 is 5.08. The molecule has 0 N–H and O–H groups in total. The second kappa shape index (κ2) is 3.83. The average Bonchev–Trinajstić information content (AvgIpc) is 2.37. The van der Waals surface area contributed by atoms with Crippen molar-refractivity contribution >= 4 is 28.6 Å². The molecule has 1 rings (SSSR count). The first-order valence-corrected chi connectivity index (χ1v) is 4.78.